The molecule has 0 aliphatic carbocycles. The predicted octanol–water partition coefficient (Wildman–Crippen LogP) is 1.21. The van der Waals surface area contributed by atoms with Gasteiger partial charge in [-0.15, -0.1) is 11.6 Å². The van der Waals surface area contributed by atoms with Crippen molar-refractivity contribution in [3.05, 3.63) is 18.1 Å². The highest BCUT2D eigenvalue weighted by Gasteiger charge is 2.10. The summed E-state index contributed by atoms with van der Waals surface area (Å²) in [6.07, 6.45) is 1.67. The Morgan fingerprint density at radius 1 is 1.62 bits per heavy atom. The van der Waals surface area contributed by atoms with Gasteiger partial charge >= 0.3 is 0 Å². The van der Waals surface area contributed by atoms with Crippen molar-refractivity contribution in [3.8, 4) is 11.6 Å². The smallest absolute Gasteiger partial charge is 0.276 e. The summed E-state index contributed by atoms with van der Waals surface area (Å²) in [5, 5.41) is 7.66. The number of nitrogens with zero attached hydrogens (tertiary/aromatic N) is 4. The summed E-state index contributed by atoms with van der Waals surface area (Å²) in [7, 11) is 1.81. The molecule has 0 bridgehead atoms. The van der Waals surface area contributed by atoms with E-state index in [0.717, 1.165) is 5.69 Å². The van der Waals surface area contributed by atoms with E-state index in [1.807, 2.05) is 0 Å². The number of aromatic nitrogens is 4. The quantitative estimate of drug-likeness (QED) is 0.681. The molecule has 0 atom stereocenters. The van der Waals surface area contributed by atoms with Gasteiger partial charge in [0.1, 0.15) is 5.69 Å². The fourth-order valence-corrected chi connectivity index (χ4v) is 1.10. The molecule has 0 radical (unpaired) electrons. The largest absolute Gasteiger partial charge is 0.332 e. The first kappa shape index (κ1) is 8.25. The van der Waals surface area contributed by atoms with Crippen LogP contribution in [0.15, 0.2) is 16.8 Å². The molecule has 2 heterocycles. The minimum atomic E-state index is 0.251. The van der Waals surface area contributed by atoms with Gasteiger partial charge in [-0.3, -0.25) is 4.68 Å². The average Bonchev–Trinajstić information content (AvgIpc) is 2.71. The predicted molar refractivity (Wildman–Crippen MR) is 46.1 cm³/mol. The Balaban J connectivity index is 2.41. The standard InChI is InChI=1S/C7H7ClN4O/c1-12-5(2-3-9-12)7-10-6(4-8)11-13-7/h2-3H,4H2,1H3. The van der Waals surface area contributed by atoms with Gasteiger partial charge in [-0.05, 0) is 6.07 Å². The van der Waals surface area contributed by atoms with E-state index in [4.69, 9.17) is 16.1 Å². The van der Waals surface area contributed by atoms with E-state index in [0.29, 0.717) is 11.7 Å². The van der Waals surface area contributed by atoms with Gasteiger partial charge < -0.3 is 4.52 Å². The summed E-state index contributed by atoms with van der Waals surface area (Å²) in [5.74, 6) is 1.18. The lowest BCUT2D eigenvalue weighted by Crippen LogP contribution is -1.93. The summed E-state index contributed by atoms with van der Waals surface area (Å²) >= 11 is 5.53. The number of halogens is 1. The highest BCUT2D eigenvalue weighted by atomic mass is 35.5. The zero-order valence-corrected chi connectivity index (χ0v) is 7.69. The molecule has 68 valence electrons. The molecule has 2 aromatic rings. The van der Waals surface area contributed by atoms with Gasteiger partial charge in [0.05, 0.1) is 5.88 Å². The van der Waals surface area contributed by atoms with Gasteiger partial charge in [-0.25, -0.2) is 0 Å². The third-order valence-corrected chi connectivity index (χ3v) is 1.87. The van der Waals surface area contributed by atoms with Gasteiger partial charge in [0, 0.05) is 13.2 Å². The lowest BCUT2D eigenvalue weighted by molar-refractivity contribution is 0.421. The zero-order chi connectivity index (χ0) is 9.26. The van der Waals surface area contributed by atoms with E-state index >= 15 is 0 Å². The molecule has 0 saturated heterocycles. The van der Waals surface area contributed by atoms with Crippen LogP contribution in [0.25, 0.3) is 11.6 Å². The second-order valence-corrected chi connectivity index (χ2v) is 2.76. The van der Waals surface area contributed by atoms with Crippen LogP contribution in [-0.2, 0) is 12.9 Å². The van der Waals surface area contributed by atoms with Crippen LogP contribution in [0.4, 0.5) is 0 Å². The van der Waals surface area contributed by atoms with Crippen molar-refractivity contribution < 1.29 is 4.52 Å². The Hall–Kier alpha value is -1.36. The molecule has 0 aliphatic heterocycles. The molecular weight excluding hydrogens is 192 g/mol. The maximum atomic E-state index is 5.53. The minimum Gasteiger partial charge on any atom is -0.332 e. The molecule has 2 aromatic heterocycles. The minimum absolute atomic E-state index is 0.251. The topological polar surface area (TPSA) is 56.7 Å². The molecule has 0 spiro atoms. The van der Waals surface area contributed by atoms with Gasteiger partial charge in [0.15, 0.2) is 5.82 Å². The molecular formula is C7H7ClN4O. The maximum absolute atomic E-state index is 5.53. The molecule has 0 amide bonds. The molecule has 0 N–H and O–H groups in total. The van der Waals surface area contributed by atoms with E-state index in [9.17, 15) is 0 Å². The van der Waals surface area contributed by atoms with Gasteiger partial charge in [-0.1, -0.05) is 5.16 Å². The number of hydrogen-bond acceptors (Lipinski definition) is 4. The first-order valence-corrected chi connectivity index (χ1v) is 4.21. The van der Waals surface area contributed by atoms with E-state index in [2.05, 4.69) is 15.2 Å². The van der Waals surface area contributed by atoms with E-state index < -0.39 is 0 Å². The SMILES string of the molecule is Cn1nccc1-c1nc(CCl)no1. The average molecular weight is 199 g/mol. The molecule has 0 fully saturated rings. The van der Waals surface area contributed by atoms with Gasteiger partial charge in [0.2, 0.25) is 0 Å². The summed E-state index contributed by atoms with van der Waals surface area (Å²) in [4.78, 5) is 4.06. The lowest BCUT2D eigenvalue weighted by Gasteiger charge is -1.92. The Kier molecular flexibility index (Phi) is 2.02. The second kappa shape index (κ2) is 3.18. The Labute approximate surface area is 79.3 Å². The number of alkyl halides is 1. The molecule has 0 aliphatic rings. The molecule has 13 heavy (non-hydrogen) atoms. The van der Waals surface area contributed by atoms with Crippen molar-refractivity contribution in [2.45, 2.75) is 5.88 Å². The lowest BCUT2D eigenvalue weighted by atomic mass is 10.4. The van der Waals surface area contributed by atoms with Crippen molar-refractivity contribution in [1.29, 1.82) is 0 Å². The third-order valence-electron chi connectivity index (χ3n) is 1.63. The zero-order valence-electron chi connectivity index (χ0n) is 6.94. The summed E-state index contributed by atoms with van der Waals surface area (Å²) in [6, 6.07) is 1.80. The summed E-state index contributed by atoms with van der Waals surface area (Å²) < 4.78 is 6.63. The van der Waals surface area contributed by atoms with E-state index in [-0.39, 0.29) is 5.88 Å². The van der Waals surface area contributed by atoms with Gasteiger partial charge in [0.25, 0.3) is 5.89 Å². The Bertz CT molecular complexity index is 408. The number of hydrogen-bond donors (Lipinski definition) is 0. The summed E-state index contributed by atoms with van der Waals surface area (Å²) in [5.41, 5.74) is 0.781. The molecule has 5 nitrogen and oxygen atoms in total. The first-order chi connectivity index (χ1) is 6.31. The van der Waals surface area contributed by atoms with Crippen LogP contribution in [0, 0.1) is 0 Å². The van der Waals surface area contributed by atoms with Crippen LogP contribution >= 0.6 is 11.6 Å². The van der Waals surface area contributed by atoms with Crippen LogP contribution < -0.4 is 0 Å². The van der Waals surface area contributed by atoms with Crippen molar-refractivity contribution in [2.24, 2.45) is 7.05 Å². The monoisotopic (exact) mass is 198 g/mol. The molecule has 0 saturated carbocycles. The second-order valence-electron chi connectivity index (χ2n) is 2.49. The first-order valence-electron chi connectivity index (χ1n) is 3.68. The van der Waals surface area contributed by atoms with Crippen LogP contribution in [-0.4, -0.2) is 19.9 Å². The van der Waals surface area contributed by atoms with E-state index in [1.54, 1.807) is 24.0 Å². The van der Waals surface area contributed by atoms with Gasteiger partial charge in [-0.2, -0.15) is 10.1 Å². The fourth-order valence-electron chi connectivity index (χ4n) is 0.996. The maximum Gasteiger partial charge on any atom is 0.276 e. The van der Waals surface area contributed by atoms with Crippen LogP contribution in [0.5, 0.6) is 0 Å². The number of rotatable bonds is 2. The van der Waals surface area contributed by atoms with Crippen LogP contribution in [0.2, 0.25) is 0 Å². The Morgan fingerprint density at radius 3 is 3.00 bits per heavy atom. The van der Waals surface area contributed by atoms with Crippen molar-refractivity contribution in [1.82, 2.24) is 19.9 Å². The molecule has 2 rings (SSSR count). The van der Waals surface area contributed by atoms with Crippen LogP contribution in [0.3, 0.4) is 0 Å². The van der Waals surface area contributed by atoms with Crippen molar-refractivity contribution >= 4 is 11.6 Å². The normalized spacial score (nSPS) is 10.6. The van der Waals surface area contributed by atoms with E-state index in [1.165, 1.54) is 0 Å². The molecule has 6 heteroatoms. The highest BCUT2D eigenvalue weighted by Crippen LogP contribution is 2.15. The molecule has 0 unspecified atom stereocenters. The van der Waals surface area contributed by atoms with Crippen molar-refractivity contribution in [3.63, 3.8) is 0 Å². The molecule has 0 aromatic carbocycles. The Morgan fingerprint density at radius 2 is 2.46 bits per heavy atom. The highest BCUT2D eigenvalue weighted by molar-refractivity contribution is 6.16. The number of aryl methyl sites for hydroxylation is 1. The third kappa shape index (κ3) is 1.42. The van der Waals surface area contributed by atoms with Crippen LogP contribution in [0.1, 0.15) is 5.82 Å². The fraction of sp³-hybridized carbons (Fsp3) is 0.286. The summed E-state index contributed by atoms with van der Waals surface area (Å²) in [6.45, 7) is 0. The van der Waals surface area contributed by atoms with Crippen molar-refractivity contribution in [2.75, 3.05) is 0 Å².